The number of nitrogens with one attached hydrogen (secondary N) is 2. The molecule has 6 heteroatoms. The summed E-state index contributed by atoms with van der Waals surface area (Å²) < 4.78 is 0.817. The van der Waals surface area contributed by atoms with Crippen molar-refractivity contribution < 1.29 is 4.79 Å². The van der Waals surface area contributed by atoms with E-state index in [1.54, 1.807) is 12.1 Å². The fourth-order valence-electron chi connectivity index (χ4n) is 1.65. The molecule has 2 N–H and O–H groups in total. The molecule has 1 heterocycles. The quantitative estimate of drug-likeness (QED) is 0.887. The number of benzene rings is 1. The van der Waals surface area contributed by atoms with E-state index in [0.717, 1.165) is 4.47 Å². The van der Waals surface area contributed by atoms with Crippen molar-refractivity contribution in [1.29, 1.82) is 0 Å². The van der Waals surface area contributed by atoms with Crippen LogP contribution >= 0.6 is 15.9 Å². The van der Waals surface area contributed by atoms with Crippen molar-refractivity contribution >= 4 is 33.3 Å². The van der Waals surface area contributed by atoms with E-state index >= 15 is 0 Å². The third kappa shape index (κ3) is 4.53. The first-order valence-corrected chi connectivity index (χ1v) is 7.32. The average Bonchev–Trinajstić information content (AvgIpc) is 2.40. The smallest absolute Gasteiger partial charge is 0.276 e. The third-order valence-electron chi connectivity index (χ3n) is 2.52. The van der Waals surface area contributed by atoms with Gasteiger partial charge in [0.2, 0.25) is 0 Å². The number of anilines is 2. The van der Waals surface area contributed by atoms with Crippen LogP contribution in [0.5, 0.6) is 0 Å². The minimum atomic E-state index is -0.295. The predicted octanol–water partition coefficient (Wildman–Crippen LogP) is 3.70. The monoisotopic (exact) mass is 348 g/mol. The van der Waals surface area contributed by atoms with Crippen LogP contribution in [-0.2, 0) is 0 Å². The number of carbonyl (C=O) groups is 1. The molecule has 0 spiro atoms. The predicted molar refractivity (Wildman–Crippen MR) is 87.5 cm³/mol. The Balaban J connectivity index is 2.08. The number of hydrogen-bond donors (Lipinski definition) is 2. The van der Waals surface area contributed by atoms with Crippen LogP contribution in [0.3, 0.4) is 0 Å². The molecule has 0 saturated heterocycles. The zero-order valence-corrected chi connectivity index (χ0v) is 13.7. The van der Waals surface area contributed by atoms with Crippen LogP contribution < -0.4 is 10.6 Å². The normalized spacial score (nSPS) is 11.0. The Morgan fingerprint density at radius 3 is 2.38 bits per heavy atom. The Labute approximate surface area is 132 Å². The van der Waals surface area contributed by atoms with Crippen molar-refractivity contribution in [2.45, 2.75) is 26.3 Å². The van der Waals surface area contributed by atoms with Gasteiger partial charge in [-0.2, -0.15) is 0 Å². The molecule has 5 nitrogen and oxygen atoms in total. The van der Waals surface area contributed by atoms with Gasteiger partial charge in [-0.1, -0.05) is 12.1 Å². The van der Waals surface area contributed by atoms with Crippen molar-refractivity contribution in [3.8, 4) is 0 Å². The average molecular weight is 349 g/mol. The standard InChI is InChI=1S/C15H17BrN4O/c1-15(2,3)18-13-9-8-12(19-20-13)14(21)17-11-7-5-4-6-10(11)16/h4-9H,1-3H3,(H,17,21)(H,18,20). The Hall–Kier alpha value is -1.95. The maximum Gasteiger partial charge on any atom is 0.276 e. The van der Waals surface area contributed by atoms with Gasteiger partial charge in [0.25, 0.3) is 5.91 Å². The lowest BCUT2D eigenvalue weighted by molar-refractivity contribution is 0.102. The van der Waals surface area contributed by atoms with Crippen molar-refractivity contribution in [3.05, 3.63) is 46.6 Å². The lowest BCUT2D eigenvalue weighted by Gasteiger charge is -2.20. The number of halogens is 1. The number of amides is 1. The highest BCUT2D eigenvalue weighted by Gasteiger charge is 2.13. The van der Waals surface area contributed by atoms with E-state index in [2.05, 4.69) is 36.8 Å². The van der Waals surface area contributed by atoms with Gasteiger partial charge in [-0.05, 0) is 61.0 Å². The molecule has 21 heavy (non-hydrogen) atoms. The second-order valence-electron chi connectivity index (χ2n) is 5.61. The number of rotatable bonds is 3. The highest BCUT2D eigenvalue weighted by molar-refractivity contribution is 9.10. The number of aromatic nitrogens is 2. The first-order valence-electron chi connectivity index (χ1n) is 6.53. The van der Waals surface area contributed by atoms with Crippen LogP contribution in [0.4, 0.5) is 11.5 Å². The fourth-order valence-corrected chi connectivity index (χ4v) is 2.04. The molecule has 110 valence electrons. The minimum Gasteiger partial charge on any atom is -0.364 e. The summed E-state index contributed by atoms with van der Waals surface area (Å²) in [7, 11) is 0. The highest BCUT2D eigenvalue weighted by Crippen LogP contribution is 2.21. The molecule has 0 saturated carbocycles. The van der Waals surface area contributed by atoms with Crippen LogP contribution in [0.2, 0.25) is 0 Å². The zero-order valence-electron chi connectivity index (χ0n) is 12.1. The first-order chi connectivity index (χ1) is 9.85. The second-order valence-corrected chi connectivity index (χ2v) is 6.47. The summed E-state index contributed by atoms with van der Waals surface area (Å²) in [6.07, 6.45) is 0. The largest absolute Gasteiger partial charge is 0.364 e. The summed E-state index contributed by atoms with van der Waals surface area (Å²) >= 11 is 3.38. The van der Waals surface area contributed by atoms with Crippen LogP contribution in [0, 0.1) is 0 Å². The second kappa shape index (κ2) is 6.22. The lowest BCUT2D eigenvalue weighted by atomic mass is 10.1. The molecule has 2 aromatic rings. The Bertz CT molecular complexity index is 635. The van der Waals surface area contributed by atoms with Crippen LogP contribution in [-0.4, -0.2) is 21.6 Å². The van der Waals surface area contributed by atoms with Gasteiger partial charge in [0.15, 0.2) is 5.69 Å². The maximum absolute atomic E-state index is 12.1. The van der Waals surface area contributed by atoms with E-state index in [-0.39, 0.29) is 17.1 Å². The molecule has 1 aromatic heterocycles. The third-order valence-corrected chi connectivity index (χ3v) is 3.21. The fraction of sp³-hybridized carbons (Fsp3) is 0.267. The van der Waals surface area contributed by atoms with E-state index in [1.165, 1.54) is 0 Å². The molecule has 0 aliphatic carbocycles. The summed E-state index contributed by atoms with van der Waals surface area (Å²) in [5.74, 6) is 0.344. The molecule has 0 aliphatic heterocycles. The van der Waals surface area contributed by atoms with Gasteiger partial charge in [-0.15, -0.1) is 10.2 Å². The SMILES string of the molecule is CC(C)(C)Nc1ccc(C(=O)Nc2ccccc2Br)nn1. The molecule has 0 radical (unpaired) electrons. The van der Waals surface area contributed by atoms with E-state index in [4.69, 9.17) is 0 Å². The summed E-state index contributed by atoms with van der Waals surface area (Å²) in [6, 6.07) is 10.8. The topological polar surface area (TPSA) is 66.9 Å². The molecule has 0 bridgehead atoms. The van der Waals surface area contributed by atoms with E-state index < -0.39 is 0 Å². The summed E-state index contributed by atoms with van der Waals surface area (Å²) in [4.78, 5) is 12.1. The van der Waals surface area contributed by atoms with Crippen LogP contribution in [0.15, 0.2) is 40.9 Å². The molecule has 0 unspecified atom stereocenters. The van der Waals surface area contributed by atoms with Crippen LogP contribution in [0.25, 0.3) is 0 Å². The van der Waals surface area contributed by atoms with Gasteiger partial charge in [-0.25, -0.2) is 0 Å². The first kappa shape index (κ1) is 15.4. The van der Waals surface area contributed by atoms with Crippen molar-refractivity contribution in [2.75, 3.05) is 10.6 Å². The molecular weight excluding hydrogens is 332 g/mol. The van der Waals surface area contributed by atoms with Crippen molar-refractivity contribution in [1.82, 2.24) is 10.2 Å². The number of carbonyl (C=O) groups excluding carboxylic acids is 1. The zero-order chi connectivity index (χ0) is 15.5. The minimum absolute atomic E-state index is 0.104. The van der Waals surface area contributed by atoms with Gasteiger partial charge < -0.3 is 10.6 Å². The van der Waals surface area contributed by atoms with E-state index in [9.17, 15) is 4.79 Å². The number of nitrogens with zero attached hydrogens (tertiary/aromatic N) is 2. The van der Waals surface area contributed by atoms with E-state index in [1.807, 2.05) is 45.0 Å². The highest BCUT2D eigenvalue weighted by atomic mass is 79.9. The summed E-state index contributed by atoms with van der Waals surface area (Å²) in [5, 5.41) is 13.9. The maximum atomic E-state index is 12.1. The van der Waals surface area contributed by atoms with Crippen LogP contribution in [0.1, 0.15) is 31.3 Å². The van der Waals surface area contributed by atoms with Gasteiger partial charge in [0.05, 0.1) is 5.69 Å². The Kier molecular flexibility index (Phi) is 4.57. The Morgan fingerprint density at radius 2 is 1.81 bits per heavy atom. The van der Waals surface area contributed by atoms with E-state index in [0.29, 0.717) is 11.5 Å². The van der Waals surface area contributed by atoms with Gasteiger partial charge >= 0.3 is 0 Å². The van der Waals surface area contributed by atoms with Crippen molar-refractivity contribution in [2.24, 2.45) is 0 Å². The summed E-state index contributed by atoms with van der Waals surface area (Å²) in [5.41, 5.74) is 0.860. The van der Waals surface area contributed by atoms with Gasteiger partial charge in [0, 0.05) is 10.0 Å². The lowest BCUT2D eigenvalue weighted by Crippen LogP contribution is -2.27. The molecule has 0 atom stereocenters. The number of hydrogen-bond acceptors (Lipinski definition) is 4. The molecule has 1 aromatic carbocycles. The Morgan fingerprint density at radius 1 is 1.10 bits per heavy atom. The number of para-hydroxylation sites is 1. The molecule has 0 aliphatic rings. The van der Waals surface area contributed by atoms with Gasteiger partial charge in [0.1, 0.15) is 5.82 Å². The molecule has 2 rings (SSSR count). The molecule has 1 amide bonds. The van der Waals surface area contributed by atoms with Crippen molar-refractivity contribution in [3.63, 3.8) is 0 Å². The molecule has 0 fully saturated rings. The molecular formula is C15H17BrN4O. The summed E-state index contributed by atoms with van der Waals surface area (Å²) in [6.45, 7) is 6.09. The van der Waals surface area contributed by atoms with Gasteiger partial charge in [-0.3, -0.25) is 4.79 Å².